The number of anilines is 1. The van der Waals surface area contributed by atoms with Crippen molar-refractivity contribution < 1.29 is 22.4 Å². The van der Waals surface area contributed by atoms with Crippen molar-refractivity contribution in [3.05, 3.63) is 65.7 Å². The lowest BCUT2D eigenvalue weighted by atomic mass is 10.0. The van der Waals surface area contributed by atoms with Crippen molar-refractivity contribution in [2.24, 2.45) is 0 Å². The van der Waals surface area contributed by atoms with Crippen LogP contribution in [0, 0.1) is 6.92 Å². The van der Waals surface area contributed by atoms with Gasteiger partial charge in [-0.1, -0.05) is 12.1 Å². The zero-order valence-corrected chi connectivity index (χ0v) is 17.1. The molecule has 6 nitrogen and oxygen atoms in total. The molecule has 0 aliphatic carbocycles. The van der Waals surface area contributed by atoms with Crippen LogP contribution >= 0.6 is 0 Å². The van der Waals surface area contributed by atoms with E-state index >= 15 is 0 Å². The number of nitrogens with zero attached hydrogens (tertiary/aromatic N) is 4. The van der Waals surface area contributed by atoms with Gasteiger partial charge in [0, 0.05) is 6.20 Å². The van der Waals surface area contributed by atoms with Crippen molar-refractivity contribution in [3.63, 3.8) is 0 Å². The largest absolute Gasteiger partial charge is 0.444 e. The summed E-state index contributed by atoms with van der Waals surface area (Å²) >= 11 is 0. The zero-order valence-electron chi connectivity index (χ0n) is 17.1. The summed E-state index contributed by atoms with van der Waals surface area (Å²) in [7, 11) is 0. The lowest BCUT2D eigenvalue weighted by Crippen LogP contribution is -2.43. The van der Waals surface area contributed by atoms with E-state index in [0.717, 1.165) is 30.7 Å². The summed E-state index contributed by atoms with van der Waals surface area (Å²) in [6, 6.07) is 8.28. The molecule has 0 radical (unpaired) electrons. The van der Waals surface area contributed by atoms with E-state index in [1.54, 1.807) is 12.3 Å². The van der Waals surface area contributed by atoms with Gasteiger partial charge in [0.05, 0.1) is 47.1 Å². The molecule has 0 spiro atoms. The predicted octanol–water partition coefficient (Wildman–Crippen LogP) is 4.31. The molecular formula is C23H19F3N4O2. The maximum atomic E-state index is 13.6. The highest BCUT2D eigenvalue weighted by atomic mass is 19.4. The SMILES string of the molecule is Cc1cccc(C(=O)N2C3CCC2C2C3N2c2ccc(C(F)(F)F)cn2)c1-c1ncco1. The van der Waals surface area contributed by atoms with Crippen LogP contribution in [0.1, 0.15) is 34.3 Å². The van der Waals surface area contributed by atoms with Gasteiger partial charge in [-0.3, -0.25) is 4.79 Å². The lowest BCUT2D eigenvalue weighted by molar-refractivity contribution is -0.137. The summed E-state index contributed by atoms with van der Waals surface area (Å²) in [5, 5.41) is 0. The second kappa shape index (κ2) is 6.57. The van der Waals surface area contributed by atoms with Gasteiger partial charge in [-0.05, 0) is 43.5 Å². The normalized spacial score (nSPS) is 25.9. The fourth-order valence-corrected chi connectivity index (χ4v) is 5.56. The van der Waals surface area contributed by atoms with Crippen molar-refractivity contribution in [2.45, 2.75) is 50.1 Å². The molecular weight excluding hydrogens is 421 g/mol. The van der Waals surface area contributed by atoms with Crippen LogP contribution in [0.3, 0.4) is 0 Å². The van der Waals surface area contributed by atoms with Gasteiger partial charge < -0.3 is 14.2 Å². The number of oxazole rings is 1. The number of rotatable bonds is 3. The van der Waals surface area contributed by atoms with Gasteiger partial charge in [-0.2, -0.15) is 13.2 Å². The number of hydrogen-bond donors (Lipinski definition) is 0. The minimum absolute atomic E-state index is 0.0134. The molecule has 2 aromatic heterocycles. The minimum Gasteiger partial charge on any atom is -0.444 e. The molecule has 164 valence electrons. The highest BCUT2D eigenvalue weighted by Gasteiger charge is 2.69. The van der Waals surface area contributed by atoms with E-state index in [-0.39, 0.29) is 30.1 Å². The summed E-state index contributed by atoms with van der Waals surface area (Å²) in [4.78, 5) is 25.9. The average molecular weight is 440 g/mol. The summed E-state index contributed by atoms with van der Waals surface area (Å²) in [5.41, 5.74) is 1.41. The molecule has 3 saturated heterocycles. The summed E-state index contributed by atoms with van der Waals surface area (Å²) in [6.45, 7) is 1.92. The third-order valence-electron chi connectivity index (χ3n) is 6.89. The maximum absolute atomic E-state index is 13.6. The maximum Gasteiger partial charge on any atom is 0.417 e. The van der Waals surface area contributed by atoms with E-state index in [0.29, 0.717) is 22.8 Å². The third kappa shape index (κ3) is 2.69. The highest BCUT2D eigenvalue weighted by molar-refractivity contribution is 6.02. The van der Waals surface area contributed by atoms with Crippen LogP contribution in [-0.2, 0) is 6.18 Å². The van der Waals surface area contributed by atoms with E-state index in [9.17, 15) is 18.0 Å². The van der Waals surface area contributed by atoms with Gasteiger partial charge in [-0.25, -0.2) is 9.97 Å². The molecule has 3 aliphatic heterocycles. The zero-order chi connectivity index (χ0) is 22.2. The molecule has 3 aromatic rings. The van der Waals surface area contributed by atoms with Crippen LogP contribution in [-0.4, -0.2) is 44.9 Å². The Kier molecular flexibility index (Phi) is 3.97. The quantitative estimate of drug-likeness (QED) is 0.568. The van der Waals surface area contributed by atoms with Crippen molar-refractivity contribution >= 4 is 11.7 Å². The Morgan fingerprint density at radius 3 is 2.44 bits per heavy atom. The fraction of sp³-hybridized carbons (Fsp3) is 0.348. The van der Waals surface area contributed by atoms with E-state index in [2.05, 4.69) is 14.9 Å². The standard InChI is InChI=1S/C23H19F3N4O2/c1-12-3-2-4-14(18(12)21-27-9-10-32-21)22(31)29-15-6-7-16(29)20-19(15)30(20)17-8-5-13(11-28-17)23(24,25)26/h2-5,8-11,15-16,19-20H,6-7H2,1H3. The number of halogens is 3. The Morgan fingerprint density at radius 1 is 1.09 bits per heavy atom. The molecule has 3 fully saturated rings. The van der Waals surface area contributed by atoms with E-state index in [1.807, 2.05) is 24.0 Å². The van der Waals surface area contributed by atoms with Gasteiger partial charge in [0.25, 0.3) is 5.91 Å². The minimum atomic E-state index is -4.41. The highest BCUT2D eigenvalue weighted by Crippen LogP contribution is 2.54. The first-order valence-corrected chi connectivity index (χ1v) is 10.5. The molecule has 32 heavy (non-hydrogen) atoms. The Morgan fingerprint density at radius 2 is 1.84 bits per heavy atom. The monoisotopic (exact) mass is 440 g/mol. The Bertz CT molecular complexity index is 1170. The van der Waals surface area contributed by atoms with Crippen molar-refractivity contribution in [1.29, 1.82) is 0 Å². The third-order valence-corrected chi connectivity index (χ3v) is 6.89. The van der Waals surface area contributed by atoms with Gasteiger partial charge in [0.15, 0.2) is 0 Å². The molecule has 9 heteroatoms. The Hall–Kier alpha value is -3.36. The first-order chi connectivity index (χ1) is 15.4. The van der Waals surface area contributed by atoms with E-state index < -0.39 is 11.7 Å². The van der Waals surface area contributed by atoms with Gasteiger partial charge in [0.1, 0.15) is 12.1 Å². The second-order valence-electron chi connectivity index (χ2n) is 8.55. The molecule has 2 bridgehead atoms. The van der Waals surface area contributed by atoms with E-state index in [1.165, 1.54) is 12.3 Å². The molecule has 6 rings (SSSR count). The van der Waals surface area contributed by atoms with Crippen LogP contribution in [0.4, 0.5) is 19.0 Å². The number of fused-ring (bicyclic) bond motifs is 5. The first-order valence-electron chi connectivity index (χ1n) is 10.5. The van der Waals surface area contributed by atoms with Crippen LogP contribution in [0.2, 0.25) is 0 Å². The van der Waals surface area contributed by atoms with Crippen molar-refractivity contribution in [3.8, 4) is 11.5 Å². The summed E-state index contributed by atoms with van der Waals surface area (Å²) < 4.78 is 44.1. The smallest absolute Gasteiger partial charge is 0.417 e. The summed E-state index contributed by atoms with van der Waals surface area (Å²) in [5.74, 6) is 0.897. The van der Waals surface area contributed by atoms with Gasteiger partial charge in [0.2, 0.25) is 5.89 Å². The Labute approximate surface area is 181 Å². The molecule has 1 aromatic carbocycles. The number of aryl methyl sites for hydroxylation is 1. The molecule has 5 heterocycles. The molecule has 4 atom stereocenters. The fourth-order valence-electron chi connectivity index (χ4n) is 5.56. The lowest BCUT2D eigenvalue weighted by Gasteiger charge is -2.29. The predicted molar refractivity (Wildman–Crippen MR) is 109 cm³/mol. The number of carbonyl (C=O) groups is 1. The van der Waals surface area contributed by atoms with Gasteiger partial charge in [-0.15, -0.1) is 0 Å². The molecule has 4 unspecified atom stereocenters. The van der Waals surface area contributed by atoms with Crippen molar-refractivity contribution in [1.82, 2.24) is 14.9 Å². The average Bonchev–Trinajstić information content (AvgIpc) is 3.11. The topological polar surface area (TPSA) is 62.2 Å². The molecule has 0 N–H and O–H groups in total. The van der Waals surface area contributed by atoms with Crippen LogP contribution < -0.4 is 4.90 Å². The van der Waals surface area contributed by atoms with Crippen LogP contribution in [0.15, 0.2) is 53.4 Å². The molecule has 3 aliphatic rings. The number of pyridine rings is 1. The second-order valence-corrected chi connectivity index (χ2v) is 8.55. The van der Waals surface area contributed by atoms with E-state index in [4.69, 9.17) is 4.42 Å². The van der Waals surface area contributed by atoms with Crippen LogP contribution in [0.5, 0.6) is 0 Å². The number of amides is 1. The number of hydrogen-bond acceptors (Lipinski definition) is 5. The molecule has 0 saturated carbocycles. The van der Waals surface area contributed by atoms with Crippen molar-refractivity contribution in [2.75, 3.05) is 4.90 Å². The Balaban J connectivity index is 1.27. The number of benzene rings is 1. The summed E-state index contributed by atoms with van der Waals surface area (Å²) in [6.07, 6.45) is 1.25. The number of aromatic nitrogens is 2. The number of piperazine rings is 1. The van der Waals surface area contributed by atoms with Gasteiger partial charge >= 0.3 is 6.18 Å². The number of alkyl halides is 3. The van der Waals surface area contributed by atoms with Crippen LogP contribution in [0.25, 0.3) is 11.5 Å². The first kappa shape index (κ1) is 19.3. The number of carbonyl (C=O) groups excluding carboxylic acids is 1. The molecule has 1 amide bonds.